The van der Waals surface area contributed by atoms with E-state index in [0.717, 1.165) is 30.3 Å². The van der Waals surface area contributed by atoms with Crippen molar-refractivity contribution in [3.8, 4) is 0 Å². The van der Waals surface area contributed by atoms with Crippen LogP contribution in [0.5, 0.6) is 0 Å². The molecule has 1 atom stereocenters. The fourth-order valence-electron chi connectivity index (χ4n) is 3.47. The van der Waals surface area contributed by atoms with Gasteiger partial charge in [-0.15, -0.1) is 0 Å². The Morgan fingerprint density at radius 3 is 2.28 bits per heavy atom. The van der Waals surface area contributed by atoms with Crippen molar-refractivity contribution in [1.82, 2.24) is 4.90 Å². The molecule has 0 N–H and O–H groups in total. The van der Waals surface area contributed by atoms with E-state index in [1.165, 1.54) is 13.2 Å². The predicted octanol–water partition coefficient (Wildman–Crippen LogP) is 4.78. The highest BCUT2D eigenvalue weighted by molar-refractivity contribution is 6.00. The smallest absolute Gasteiger partial charge is 0.330 e. The first-order chi connectivity index (χ1) is 13.9. The van der Waals surface area contributed by atoms with Gasteiger partial charge in [0, 0.05) is 23.8 Å². The Bertz CT molecular complexity index is 870. The molecule has 1 aliphatic rings. The van der Waals surface area contributed by atoms with Gasteiger partial charge in [0.1, 0.15) is 0 Å². The maximum Gasteiger partial charge on any atom is 0.330 e. The number of para-hydroxylation sites is 2. The van der Waals surface area contributed by atoms with Crippen molar-refractivity contribution in [2.24, 2.45) is 4.99 Å². The summed E-state index contributed by atoms with van der Waals surface area (Å²) >= 11 is 0. The highest BCUT2D eigenvalue weighted by atomic mass is 16.5. The lowest BCUT2D eigenvalue weighted by Gasteiger charge is -2.49. The van der Waals surface area contributed by atoms with Crippen molar-refractivity contribution in [3.63, 3.8) is 0 Å². The van der Waals surface area contributed by atoms with Crippen LogP contribution in [-0.2, 0) is 9.53 Å². The fraction of sp³-hybridized carbons (Fsp3) is 0.333. The van der Waals surface area contributed by atoms with Gasteiger partial charge in [0.15, 0.2) is 0 Å². The van der Waals surface area contributed by atoms with Gasteiger partial charge < -0.3 is 14.5 Å². The maximum atomic E-state index is 11.7. The minimum absolute atomic E-state index is 0.00226. The van der Waals surface area contributed by atoms with Crippen LogP contribution in [0.4, 0.5) is 11.4 Å². The van der Waals surface area contributed by atoms with E-state index in [2.05, 4.69) is 42.7 Å². The van der Waals surface area contributed by atoms with Crippen molar-refractivity contribution in [1.29, 1.82) is 0 Å². The van der Waals surface area contributed by atoms with Crippen LogP contribution in [0.3, 0.4) is 0 Å². The van der Waals surface area contributed by atoms with Crippen LogP contribution in [-0.4, -0.2) is 42.1 Å². The Hall–Kier alpha value is -3.08. The van der Waals surface area contributed by atoms with Gasteiger partial charge in [0.2, 0.25) is 5.96 Å². The Kier molecular flexibility index (Phi) is 6.37. The van der Waals surface area contributed by atoms with Crippen LogP contribution < -0.4 is 4.90 Å². The summed E-state index contributed by atoms with van der Waals surface area (Å²) in [6.45, 7) is 7.43. The lowest BCUT2D eigenvalue weighted by Crippen LogP contribution is -2.60. The normalized spacial score (nSPS) is 19.0. The summed E-state index contributed by atoms with van der Waals surface area (Å²) in [5.41, 5.74) is 1.84. The number of nitrogens with zero attached hydrogens (tertiary/aromatic N) is 3. The number of anilines is 1. The van der Waals surface area contributed by atoms with E-state index >= 15 is 0 Å². The summed E-state index contributed by atoms with van der Waals surface area (Å²) < 4.78 is 4.80. The van der Waals surface area contributed by atoms with Crippen LogP contribution in [0.2, 0.25) is 0 Å². The maximum absolute atomic E-state index is 11.7. The van der Waals surface area contributed by atoms with Gasteiger partial charge in [0.25, 0.3) is 0 Å². The first-order valence-corrected chi connectivity index (χ1v) is 9.92. The average Bonchev–Trinajstić information content (AvgIpc) is 2.72. The quantitative estimate of drug-likeness (QED) is 0.556. The molecule has 5 nitrogen and oxygen atoms in total. The van der Waals surface area contributed by atoms with E-state index < -0.39 is 0 Å². The molecule has 29 heavy (non-hydrogen) atoms. The minimum atomic E-state index is -0.349. The summed E-state index contributed by atoms with van der Waals surface area (Å²) in [5.74, 6) is 0.526. The number of guanidine groups is 1. The number of hydrogen-bond acceptors (Lipinski definition) is 3. The molecule has 152 valence electrons. The van der Waals surface area contributed by atoms with Gasteiger partial charge in [-0.05, 0) is 51.5 Å². The Morgan fingerprint density at radius 2 is 1.69 bits per heavy atom. The van der Waals surface area contributed by atoms with Crippen LogP contribution in [0, 0.1) is 0 Å². The summed E-state index contributed by atoms with van der Waals surface area (Å²) in [6.07, 6.45) is 4.29. The summed E-state index contributed by atoms with van der Waals surface area (Å²) in [6, 6.07) is 20.2. The molecule has 0 bridgehead atoms. The van der Waals surface area contributed by atoms with Gasteiger partial charge in [0.05, 0.1) is 18.8 Å². The molecule has 5 heteroatoms. The zero-order valence-corrected chi connectivity index (χ0v) is 17.6. The lowest BCUT2D eigenvalue weighted by molar-refractivity contribution is -0.134. The van der Waals surface area contributed by atoms with E-state index in [9.17, 15) is 4.79 Å². The first kappa shape index (κ1) is 20.6. The average molecular weight is 392 g/mol. The van der Waals surface area contributed by atoms with Gasteiger partial charge in [-0.2, -0.15) is 0 Å². The van der Waals surface area contributed by atoms with Crippen molar-refractivity contribution < 1.29 is 9.53 Å². The monoisotopic (exact) mass is 391 g/mol. The fourth-order valence-corrected chi connectivity index (χ4v) is 3.47. The number of rotatable bonds is 4. The third kappa shape index (κ3) is 5.05. The van der Waals surface area contributed by atoms with Gasteiger partial charge in [-0.25, -0.2) is 9.79 Å². The molecule has 3 rings (SSSR count). The van der Waals surface area contributed by atoms with E-state index in [1.54, 1.807) is 0 Å². The van der Waals surface area contributed by atoms with Crippen molar-refractivity contribution >= 4 is 23.3 Å². The van der Waals surface area contributed by atoms with Crippen LogP contribution in [0.15, 0.2) is 77.8 Å². The number of hydrogen-bond donors (Lipinski definition) is 0. The molecule has 1 aliphatic heterocycles. The topological polar surface area (TPSA) is 45.1 Å². The first-order valence-electron chi connectivity index (χ1n) is 9.92. The Morgan fingerprint density at radius 1 is 1.07 bits per heavy atom. The summed E-state index contributed by atoms with van der Waals surface area (Å²) in [4.78, 5) is 21.3. The molecule has 0 saturated carbocycles. The largest absolute Gasteiger partial charge is 0.466 e. The standard InChI is InChI=1S/C24H29N3O2/c1-24(2,3)26-18-17-21(15-16-22(28)29-4)27(20-13-9-6-10-14-20)23(26)25-19-11-7-5-8-12-19/h5-16,21H,17-18H2,1-4H3/b16-15+,25-23?. The second-order valence-corrected chi connectivity index (χ2v) is 8.01. The Balaban J connectivity index is 2.12. The number of carbonyl (C=O) groups excluding carboxylic acids is 1. The SMILES string of the molecule is COC(=O)/C=C/C1CCN(C(C)(C)C)C(=Nc2ccccc2)N1c1ccccc1. The van der Waals surface area contributed by atoms with Crippen LogP contribution in [0.1, 0.15) is 27.2 Å². The van der Waals surface area contributed by atoms with Crippen molar-refractivity contribution in [3.05, 3.63) is 72.8 Å². The molecule has 0 radical (unpaired) electrons. The highest BCUT2D eigenvalue weighted by Gasteiger charge is 2.36. The third-order valence-corrected chi connectivity index (χ3v) is 4.92. The van der Waals surface area contributed by atoms with Gasteiger partial charge in [-0.1, -0.05) is 42.5 Å². The summed E-state index contributed by atoms with van der Waals surface area (Å²) in [7, 11) is 1.39. The van der Waals surface area contributed by atoms with Crippen molar-refractivity contribution in [2.45, 2.75) is 38.8 Å². The minimum Gasteiger partial charge on any atom is -0.466 e. The molecule has 2 aromatic carbocycles. The molecule has 1 unspecified atom stereocenters. The molecule has 1 fully saturated rings. The molecule has 0 aliphatic carbocycles. The second kappa shape index (κ2) is 8.95. The van der Waals surface area contributed by atoms with E-state index in [4.69, 9.17) is 9.73 Å². The Labute approximate surface area is 173 Å². The zero-order chi connectivity index (χ0) is 20.9. The molecule has 2 aromatic rings. The van der Waals surface area contributed by atoms with E-state index in [1.807, 2.05) is 54.6 Å². The number of carbonyl (C=O) groups is 1. The van der Waals surface area contributed by atoms with Gasteiger partial charge in [-0.3, -0.25) is 0 Å². The molecule has 0 amide bonds. The predicted molar refractivity (Wildman–Crippen MR) is 118 cm³/mol. The van der Waals surface area contributed by atoms with Crippen LogP contribution in [0.25, 0.3) is 0 Å². The van der Waals surface area contributed by atoms with Crippen molar-refractivity contribution in [2.75, 3.05) is 18.6 Å². The van der Waals surface area contributed by atoms with Gasteiger partial charge >= 0.3 is 5.97 Å². The molecular formula is C24H29N3O2. The number of ether oxygens (including phenoxy) is 1. The highest BCUT2D eigenvalue weighted by Crippen LogP contribution is 2.31. The lowest BCUT2D eigenvalue weighted by atomic mass is 10.00. The van der Waals surface area contributed by atoms with Crippen LogP contribution >= 0.6 is 0 Å². The molecule has 1 saturated heterocycles. The molecular weight excluding hydrogens is 362 g/mol. The third-order valence-electron chi connectivity index (χ3n) is 4.92. The molecule has 1 heterocycles. The number of methoxy groups -OCH3 is 1. The number of aliphatic imine (C=N–C) groups is 1. The summed E-state index contributed by atoms with van der Waals surface area (Å²) in [5, 5.41) is 0. The molecule has 0 spiro atoms. The number of esters is 1. The zero-order valence-electron chi connectivity index (χ0n) is 17.6. The second-order valence-electron chi connectivity index (χ2n) is 8.01. The van der Waals surface area contributed by atoms with E-state index in [0.29, 0.717) is 0 Å². The molecule has 0 aromatic heterocycles. The van der Waals surface area contributed by atoms with E-state index in [-0.39, 0.29) is 17.6 Å². The number of benzene rings is 2.